The van der Waals surface area contributed by atoms with Crippen molar-refractivity contribution in [2.45, 2.75) is 57.9 Å². The van der Waals surface area contributed by atoms with Gasteiger partial charge in [0.2, 0.25) is 0 Å². The number of nitrogens with zero attached hydrogens (tertiary/aromatic N) is 1. The minimum atomic E-state index is 0.605. The number of hydrogen-bond acceptors (Lipinski definition) is 2. The quantitative estimate of drug-likeness (QED) is 0.842. The summed E-state index contributed by atoms with van der Waals surface area (Å²) in [6.45, 7) is 3.36. The topological polar surface area (TPSA) is 24.9 Å². The molecule has 0 aromatic carbocycles. The van der Waals surface area contributed by atoms with Crippen LogP contribution in [0.4, 0.5) is 0 Å². The third-order valence-corrected chi connectivity index (χ3v) is 4.56. The minimum absolute atomic E-state index is 0.605. The van der Waals surface area contributed by atoms with Gasteiger partial charge in [-0.1, -0.05) is 26.2 Å². The van der Waals surface area contributed by atoms with Gasteiger partial charge in [-0.15, -0.1) is 0 Å². The summed E-state index contributed by atoms with van der Waals surface area (Å²) in [5, 5.41) is 3.75. The monoisotopic (exact) mass is 324 g/mol. The Kier molecular flexibility index (Phi) is 6.32. The van der Waals surface area contributed by atoms with Gasteiger partial charge >= 0.3 is 0 Å². The summed E-state index contributed by atoms with van der Waals surface area (Å²) in [5.41, 5.74) is 1.21. The van der Waals surface area contributed by atoms with Crippen LogP contribution < -0.4 is 5.32 Å². The molecule has 0 amide bonds. The largest absolute Gasteiger partial charge is 0.313 e. The number of halogens is 1. The summed E-state index contributed by atoms with van der Waals surface area (Å²) in [6.07, 6.45) is 11.2. The lowest BCUT2D eigenvalue weighted by molar-refractivity contribution is 0.266. The summed E-state index contributed by atoms with van der Waals surface area (Å²) in [5.74, 6) is 0.839. The second-order valence-corrected chi connectivity index (χ2v) is 6.55. The summed E-state index contributed by atoms with van der Waals surface area (Å²) in [6, 6.07) is 4.85. The van der Waals surface area contributed by atoms with Crippen LogP contribution in [0.2, 0.25) is 0 Å². The highest BCUT2D eigenvalue weighted by Crippen LogP contribution is 2.28. The Morgan fingerprint density at radius 3 is 2.74 bits per heavy atom. The van der Waals surface area contributed by atoms with Gasteiger partial charge in [0.05, 0.1) is 0 Å². The van der Waals surface area contributed by atoms with E-state index in [1.165, 1.54) is 44.2 Å². The van der Waals surface area contributed by atoms with E-state index in [9.17, 15) is 0 Å². The minimum Gasteiger partial charge on any atom is -0.313 e. The van der Waals surface area contributed by atoms with Crippen LogP contribution in [0.3, 0.4) is 0 Å². The van der Waals surface area contributed by atoms with Gasteiger partial charge in [0.15, 0.2) is 0 Å². The highest BCUT2D eigenvalue weighted by Gasteiger charge is 2.23. The van der Waals surface area contributed by atoms with Gasteiger partial charge in [0, 0.05) is 28.8 Å². The zero-order valence-corrected chi connectivity index (χ0v) is 13.5. The van der Waals surface area contributed by atoms with E-state index in [1.54, 1.807) is 0 Å². The fourth-order valence-corrected chi connectivity index (χ4v) is 3.26. The van der Waals surface area contributed by atoms with Gasteiger partial charge < -0.3 is 5.32 Å². The van der Waals surface area contributed by atoms with Crippen LogP contribution in [0.15, 0.2) is 22.8 Å². The second-order valence-electron chi connectivity index (χ2n) is 5.63. The molecule has 19 heavy (non-hydrogen) atoms. The van der Waals surface area contributed by atoms with Crippen molar-refractivity contribution >= 4 is 15.9 Å². The standard InChI is InChI=1S/C16H25BrN2/c1-2-10-18-16(13-6-4-3-5-7-13)11-15-9-8-14(17)12-19-15/h8-9,12-13,16,18H,2-7,10-11H2,1H3. The Hall–Kier alpha value is -0.410. The first-order valence-electron chi connectivity index (χ1n) is 7.63. The Balaban J connectivity index is 1.97. The van der Waals surface area contributed by atoms with Crippen molar-refractivity contribution in [3.05, 3.63) is 28.5 Å². The first kappa shape index (κ1) is 15.0. The van der Waals surface area contributed by atoms with Crippen molar-refractivity contribution in [1.29, 1.82) is 0 Å². The predicted molar refractivity (Wildman–Crippen MR) is 84.3 cm³/mol. The SMILES string of the molecule is CCCNC(Cc1ccc(Br)cn1)C1CCCCC1. The molecule has 1 aromatic heterocycles. The van der Waals surface area contributed by atoms with E-state index in [2.05, 4.69) is 45.3 Å². The number of hydrogen-bond donors (Lipinski definition) is 1. The van der Waals surface area contributed by atoms with E-state index in [-0.39, 0.29) is 0 Å². The molecule has 0 radical (unpaired) electrons. The first-order valence-corrected chi connectivity index (χ1v) is 8.42. The summed E-state index contributed by atoms with van der Waals surface area (Å²) >= 11 is 3.45. The van der Waals surface area contributed by atoms with E-state index in [0.29, 0.717) is 6.04 Å². The number of pyridine rings is 1. The Morgan fingerprint density at radius 1 is 1.32 bits per heavy atom. The molecule has 1 unspecified atom stereocenters. The average molecular weight is 325 g/mol. The van der Waals surface area contributed by atoms with Crippen LogP contribution in [0.5, 0.6) is 0 Å². The second kappa shape index (κ2) is 8.01. The summed E-state index contributed by atoms with van der Waals surface area (Å²) in [7, 11) is 0. The van der Waals surface area contributed by atoms with Gasteiger partial charge in [0.25, 0.3) is 0 Å². The van der Waals surface area contributed by atoms with Crippen LogP contribution in [0, 0.1) is 5.92 Å². The van der Waals surface area contributed by atoms with Gasteiger partial charge in [0.1, 0.15) is 0 Å². The van der Waals surface area contributed by atoms with E-state index in [0.717, 1.165) is 23.4 Å². The molecule has 2 nitrogen and oxygen atoms in total. The Bertz CT molecular complexity index is 358. The van der Waals surface area contributed by atoms with Gasteiger partial charge in [-0.2, -0.15) is 0 Å². The lowest BCUT2D eigenvalue weighted by Crippen LogP contribution is -2.39. The molecule has 0 bridgehead atoms. The van der Waals surface area contributed by atoms with Crippen LogP contribution in [-0.4, -0.2) is 17.6 Å². The number of aromatic nitrogens is 1. The van der Waals surface area contributed by atoms with Gasteiger partial charge in [-0.05, 0) is 59.8 Å². The third-order valence-electron chi connectivity index (χ3n) is 4.09. The smallest absolute Gasteiger partial charge is 0.0420 e. The third kappa shape index (κ3) is 4.88. The first-order chi connectivity index (χ1) is 9.29. The predicted octanol–water partition coefficient (Wildman–Crippen LogP) is 4.34. The molecule has 0 spiro atoms. The molecule has 3 heteroatoms. The molecule has 1 aliphatic carbocycles. The molecule has 1 fully saturated rings. The zero-order valence-electron chi connectivity index (χ0n) is 11.9. The molecule has 0 aliphatic heterocycles. The molecular weight excluding hydrogens is 300 g/mol. The van der Waals surface area contributed by atoms with E-state index < -0.39 is 0 Å². The van der Waals surface area contributed by atoms with E-state index in [1.807, 2.05) is 6.20 Å². The molecule has 1 atom stereocenters. The normalized spacial score (nSPS) is 18.4. The lowest BCUT2D eigenvalue weighted by Gasteiger charge is -2.31. The van der Waals surface area contributed by atoms with Crippen molar-refractivity contribution < 1.29 is 0 Å². The highest BCUT2D eigenvalue weighted by atomic mass is 79.9. The van der Waals surface area contributed by atoms with Gasteiger partial charge in [-0.3, -0.25) is 4.98 Å². The molecule has 0 saturated heterocycles. The maximum atomic E-state index is 4.53. The molecule has 1 aliphatic rings. The molecule has 2 rings (SSSR count). The van der Waals surface area contributed by atoms with E-state index in [4.69, 9.17) is 0 Å². The Labute approximate surface area is 125 Å². The fourth-order valence-electron chi connectivity index (χ4n) is 3.02. The molecular formula is C16H25BrN2. The summed E-state index contributed by atoms with van der Waals surface area (Å²) < 4.78 is 1.06. The molecule has 1 N–H and O–H groups in total. The molecule has 1 aromatic rings. The van der Waals surface area contributed by atoms with Gasteiger partial charge in [-0.25, -0.2) is 0 Å². The number of nitrogens with one attached hydrogen (secondary N) is 1. The molecule has 106 valence electrons. The zero-order chi connectivity index (χ0) is 13.5. The van der Waals surface area contributed by atoms with Crippen molar-refractivity contribution in [3.63, 3.8) is 0 Å². The highest BCUT2D eigenvalue weighted by molar-refractivity contribution is 9.10. The van der Waals surface area contributed by atoms with Crippen molar-refractivity contribution in [2.24, 2.45) is 5.92 Å². The average Bonchev–Trinajstić information content (AvgIpc) is 2.46. The lowest BCUT2D eigenvalue weighted by atomic mass is 9.82. The molecule has 1 heterocycles. The maximum Gasteiger partial charge on any atom is 0.0420 e. The maximum absolute atomic E-state index is 4.53. The van der Waals surface area contributed by atoms with Crippen LogP contribution in [-0.2, 0) is 6.42 Å². The van der Waals surface area contributed by atoms with Crippen LogP contribution in [0.25, 0.3) is 0 Å². The summed E-state index contributed by atoms with van der Waals surface area (Å²) in [4.78, 5) is 4.53. The number of rotatable bonds is 6. The Morgan fingerprint density at radius 2 is 2.11 bits per heavy atom. The van der Waals surface area contributed by atoms with Crippen LogP contribution in [0.1, 0.15) is 51.1 Å². The molecule has 1 saturated carbocycles. The van der Waals surface area contributed by atoms with Crippen molar-refractivity contribution in [1.82, 2.24) is 10.3 Å². The van der Waals surface area contributed by atoms with E-state index >= 15 is 0 Å². The van der Waals surface area contributed by atoms with Crippen LogP contribution >= 0.6 is 15.9 Å². The fraction of sp³-hybridized carbons (Fsp3) is 0.688. The van der Waals surface area contributed by atoms with Crippen molar-refractivity contribution in [3.8, 4) is 0 Å². The van der Waals surface area contributed by atoms with Crippen molar-refractivity contribution in [2.75, 3.05) is 6.54 Å².